The van der Waals surface area contributed by atoms with Gasteiger partial charge in [0.1, 0.15) is 21.2 Å². The third-order valence-electron chi connectivity index (χ3n) is 5.69. The van der Waals surface area contributed by atoms with Crippen molar-refractivity contribution in [3.63, 3.8) is 0 Å². The predicted octanol–water partition coefficient (Wildman–Crippen LogP) is 2.57. The van der Waals surface area contributed by atoms with E-state index in [2.05, 4.69) is 5.32 Å². The molecule has 1 saturated heterocycles. The fourth-order valence-corrected chi connectivity index (χ4v) is 5.54. The quantitative estimate of drug-likeness (QED) is 0.926. The van der Waals surface area contributed by atoms with Crippen molar-refractivity contribution in [3.8, 4) is 0 Å². The number of fused-ring (bicyclic) bond motifs is 1. The van der Waals surface area contributed by atoms with Gasteiger partial charge in [-0.15, -0.1) is 0 Å². The van der Waals surface area contributed by atoms with Crippen molar-refractivity contribution in [2.45, 2.75) is 32.7 Å². The van der Waals surface area contributed by atoms with Gasteiger partial charge in [-0.05, 0) is 37.7 Å². The van der Waals surface area contributed by atoms with E-state index in [0.29, 0.717) is 19.4 Å². The second-order valence-corrected chi connectivity index (χ2v) is 9.44. The van der Waals surface area contributed by atoms with Crippen molar-refractivity contribution in [1.82, 2.24) is 5.32 Å². The fraction of sp³-hybridized carbons (Fsp3) is 0.500. The molecule has 128 valence electrons. The van der Waals surface area contributed by atoms with Crippen LogP contribution in [0.3, 0.4) is 0 Å². The minimum absolute atomic E-state index is 0.0224. The summed E-state index contributed by atoms with van der Waals surface area (Å²) >= 11 is 0. The monoisotopic (exact) mass is 347 g/mol. The summed E-state index contributed by atoms with van der Waals surface area (Å²) in [6.07, 6.45) is 2.06. The predicted molar refractivity (Wildman–Crippen MR) is 91.2 cm³/mol. The largest absolute Gasteiger partial charge is 0.459 e. The zero-order chi connectivity index (χ0) is 16.9. The Morgan fingerprint density at radius 2 is 2.00 bits per heavy atom. The van der Waals surface area contributed by atoms with Crippen LogP contribution >= 0.6 is 0 Å². The van der Waals surface area contributed by atoms with Crippen LogP contribution in [0.1, 0.15) is 30.6 Å². The number of aryl methyl sites for hydroxylation is 1. The SMILES string of the molecule is Cc1c(CNC(=O)[C@@H]2CC23CCS(=O)(=O)CC3)oc2ccccc12. The molecule has 1 amide bonds. The van der Waals surface area contributed by atoms with Gasteiger partial charge in [0.25, 0.3) is 0 Å². The van der Waals surface area contributed by atoms with Gasteiger partial charge in [-0.3, -0.25) is 4.79 Å². The van der Waals surface area contributed by atoms with Gasteiger partial charge in [-0.2, -0.15) is 0 Å². The average molecular weight is 347 g/mol. The Kier molecular flexibility index (Phi) is 3.49. The Bertz CT molecular complexity index is 898. The molecule has 1 saturated carbocycles. The molecule has 0 bridgehead atoms. The summed E-state index contributed by atoms with van der Waals surface area (Å²) in [6.45, 7) is 2.38. The van der Waals surface area contributed by atoms with Crippen LogP contribution in [0.2, 0.25) is 0 Å². The molecule has 1 aliphatic heterocycles. The van der Waals surface area contributed by atoms with E-state index in [-0.39, 0.29) is 28.7 Å². The average Bonchev–Trinajstić information content (AvgIpc) is 3.19. The lowest BCUT2D eigenvalue weighted by Gasteiger charge is -2.22. The lowest BCUT2D eigenvalue weighted by atomic mass is 9.96. The second-order valence-electron chi connectivity index (χ2n) is 7.14. The van der Waals surface area contributed by atoms with Crippen molar-refractivity contribution >= 4 is 26.7 Å². The van der Waals surface area contributed by atoms with E-state index < -0.39 is 9.84 Å². The Labute approximate surface area is 141 Å². The first-order valence-electron chi connectivity index (χ1n) is 8.35. The third-order valence-corrected chi connectivity index (χ3v) is 7.35. The van der Waals surface area contributed by atoms with Gasteiger partial charge in [0.2, 0.25) is 5.91 Å². The van der Waals surface area contributed by atoms with Crippen molar-refractivity contribution in [2.75, 3.05) is 11.5 Å². The molecule has 1 N–H and O–H groups in total. The molecule has 4 rings (SSSR count). The van der Waals surface area contributed by atoms with Gasteiger partial charge in [-0.1, -0.05) is 18.2 Å². The zero-order valence-corrected chi connectivity index (χ0v) is 14.5. The van der Waals surface area contributed by atoms with Crippen molar-refractivity contribution in [1.29, 1.82) is 0 Å². The Morgan fingerprint density at radius 3 is 2.71 bits per heavy atom. The van der Waals surface area contributed by atoms with Crippen LogP contribution in [-0.4, -0.2) is 25.8 Å². The summed E-state index contributed by atoms with van der Waals surface area (Å²) in [7, 11) is -2.89. The Morgan fingerprint density at radius 1 is 1.29 bits per heavy atom. The highest BCUT2D eigenvalue weighted by Crippen LogP contribution is 2.59. The van der Waals surface area contributed by atoms with Gasteiger partial charge in [0.05, 0.1) is 18.1 Å². The number of para-hydroxylation sites is 1. The molecule has 2 heterocycles. The van der Waals surface area contributed by atoms with Crippen LogP contribution in [-0.2, 0) is 21.2 Å². The molecule has 0 radical (unpaired) electrons. The normalized spacial score (nSPS) is 24.1. The van der Waals surface area contributed by atoms with E-state index in [4.69, 9.17) is 4.42 Å². The number of sulfone groups is 1. The number of hydrogen-bond donors (Lipinski definition) is 1. The van der Waals surface area contributed by atoms with E-state index in [1.165, 1.54) is 0 Å². The first kappa shape index (κ1) is 15.7. The molecule has 5 nitrogen and oxygen atoms in total. The number of carbonyl (C=O) groups is 1. The molecule has 1 aromatic carbocycles. The standard InChI is InChI=1S/C18H21NO4S/c1-12-13-4-2-3-5-15(13)23-16(12)11-19-17(20)14-10-18(14)6-8-24(21,22)9-7-18/h2-5,14H,6-11H2,1H3,(H,19,20)/t14-/m0/s1. The van der Waals surface area contributed by atoms with Gasteiger partial charge < -0.3 is 9.73 Å². The number of rotatable bonds is 3. The van der Waals surface area contributed by atoms with Crippen LogP contribution in [0.4, 0.5) is 0 Å². The number of carbonyl (C=O) groups excluding carboxylic acids is 1. The molecule has 2 aliphatic rings. The van der Waals surface area contributed by atoms with Crippen LogP contribution in [0.5, 0.6) is 0 Å². The first-order chi connectivity index (χ1) is 11.4. The highest BCUT2D eigenvalue weighted by molar-refractivity contribution is 7.91. The van der Waals surface area contributed by atoms with Crippen LogP contribution < -0.4 is 5.32 Å². The third kappa shape index (κ3) is 2.62. The second kappa shape index (κ2) is 5.34. The fourth-order valence-electron chi connectivity index (χ4n) is 3.90. The smallest absolute Gasteiger partial charge is 0.224 e. The van der Waals surface area contributed by atoms with Gasteiger partial charge in [0, 0.05) is 16.9 Å². The summed E-state index contributed by atoms with van der Waals surface area (Å²) < 4.78 is 28.9. The molecule has 1 aliphatic carbocycles. The molecule has 2 fully saturated rings. The molecular weight excluding hydrogens is 326 g/mol. The van der Waals surface area contributed by atoms with Gasteiger partial charge in [0.15, 0.2) is 0 Å². The highest BCUT2D eigenvalue weighted by Gasteiger charge is 2.59. The lowest BCUT2D eigenvalue weighted by molar-refractivity contribution is -0.123. The molecule has 1 spiro atoms. The summed E-state index contributed by atoms with van der Waals surface area (Å²) in [5.41, 5.74) is 1.82. The minimum atomic E-state index is -2.89. The topological polar surface area (TPSA) is 76.4 Å². The van der Waals surface area contributed by atoms with E-state index in [0.717, 1.165) is 28.7 Å². The maximum atomic E-state index is 12.4. The van der Waals surface area contributed by atoms with Crippen molar-refractivity contribution < 1.29 is 17.6 Å². The van der Waals surface area contributed by atoms with Gasteiger partial charge in [-0.25, -0.2) is 8.42 Å². The number of amides is 1. The van der Waals surface area contributed by atoms with E-state index in [1.54, 1.807) is 0 Å². The maximum Gasteiger partial charge on any atom is 0.224 e. The summed E-state index contributed by atoms with van der Waals surface area (Å²) in [5, 5.41) is 4.04. The lowest BCUT2D eigenvalue weighted by Crippen LogP contribution is -2.31. The van der Waals surface area contributed by atoms with Crippen LogP contribution in [0.15, 0.2) is 28.7 Å². The van der Waals surface area contributed by atoms with Crippen molar-refractivity contribution in [2.24, 2.45) is 11.3 Å². The zero-order valence-electron chi connectivity index (χ0n) is 13.7. The van der Waals surface area contributed by atoms with Gasteiger partial charge >= 0.3 is 0 Å². The number of hydrogen-bond acceptors (Lipinski definition) is 4. The molecule has 1 aromatic heterocycles. The summed E-state index contributed by atoms with van der Waals surface area (Å²) in [6, 6.07) is 7.83. The van der Waals surface area contributed by atoms with E-state index >= 15 is 0 Å². The van der Waals surface area contributed by atoms with E-state index in [1.807, 2.05) is 31.2 Å². The first-order valence-corrected chi connectivity index (χ1v) is 10.2. The molecule has 1 atom stereocenters. The molecule has 6 heteroatoms. The molecule has 2 aromatic rings. The maximum absolute atomic E-state index is 12.4. The van der Waals surface area contributed by atoms with E-state index in [9.17, 15) is 13.2 Å². The number of furan rings is 1. The molecule has 0 unspecified atom stereocenters. The highest BCUT2D eigenvalue weighted by atomic mass is 32.2. The van der Waals surface area contributed by atoms with Crippen molar-refractivity contribution in [3.05, 3.63) is 35.6 Å². The summed E-state index contributed by atoms with van der Waals surface area (Å²) in [5.74, 6) is 1.20. The number of benzene rings is 1. The Hall–Kier alpha value is -1.82. The Balaban J connectivity index is 1.40. The van der Waals surface area contributed by atoms with Crippen LogP contribution in [0.25, 0.3) is 11.0 Å². The summed E-state index contributed by atoms with van der Waals surface area (Å²) in [4.78, 5) is 12.4. The number of nitrogens with one attached hydrogen (secondary N) is 1. The molecular formula is C18H21NO4S. The minimum Gasteiger partial charge on any atom is -0.459 e. The van der Waals surface area contributed by atoms with Crippen LogP contribution in [0, 0.1) is 18.3 Å². The molecule has 24 heavy (non-hydrogen) atoms.